The molecule has 3 nitrogen and oxygen atoms in total. The van der Waals surface area contributed by atoms with E-state index in [1.165, 1.54) is 11.1 Å². The standard InChI is InChI=1S/C16H19NO2S/c1-11-6-12(2)8-13(7-11)10-20(18)16-9-14(19-3)4-5-15(16)17/h4-9H,10,17H2,1-3H3. The van der Waals surface area contributed by atoms with E-state index in [2.05, 4.69) is 18.2 Å². The maximum atomic E-state index is 12.5. The second kappa shape index (κ2) is 6.09. The highest BCUT2D eigenvalue weighted by Crippen LogP contribution is 2.25. The van der Waals surface area contributed by atoms with Crippen LogP contribution in [0.5, 0.6) is 5.75 Å². The fraction of sp³-hybridized carbons (Fsp3) is 0.250. The summed E-state index contributed by atoms with van der Waals surface area (Å²) in [7, 11) is 0.406. The van der Waals surface area contributed by atoms with Crippen LogP contribution in [0.25, 0.3) is 0 Å². The number of anilines is 1. The minimum atomic E-state index is -1.18. The molecule has 106 valence electrons. The van der Waals surface area contributed by atoms with Crippen molar-refractivity contribution in [1.82, 2.24) is 0 Å². The van der Waals surface area contributed by atoms with Crippen LogP contribution in [0.4, 0.5) is 5.69 Å². The molecule has 0 aliphatic carbocycles. The molecule has 0 radical (unpaired) electrons. The van der Waals surface area contributed by atoms with Crippen molar-refractivity contribution in [2.24, 2.45) is 0 Å². The van der Waals surface area contributed by atoms with E-state index in [0.29, 0.717) is 22.1 Å². The zero-order chi connectivity index (χ0) is 14.7. The minimum Gasteiger partial charge on any atom is -0.497 e. The van der Waals surface area contributed by atoms with E-state index in [1.54, 1.807) is 25.3 Å². The lowest BCUT2D eigenvalue weighted by atomic mass is 10.1. The number of aryl methyl sites for hydroxylation is 2. The summed E-state index contributed by atoms with van der Waals surface area (Å²) < 4.78 is 17.7. The number of hydrogen-bond donors (Lipinski definition) is 1. The molecule has 0 saturated heterocycles. The Balaban J connectivity index is 2.27. The van der Waals surface area contributed by atoms with Crippen LogP contribution < -0.4 is 10.5 Å². The molecule has 0 aliphatic heterocycles. The smallest absolute Gasteiger partial charge is 0.120 e. The maximum Gasteiger partial charge on any atom is 0.120 e. The zero-order valence-corrected chi connectivity index (χ0v) is 12.8. The van der Waals surface area contributed by atoms with Gasteiger partial charge in [-0.25, -0.2) is 0 Å². The molecule has 4 heteroatoms. The molecule has 2 rings (SSSR count). The number of ether oxygens (including phenoxy) is 1. The molecule has 1 unspecified atom stereocenters. The largest absolute Gasteiger partial charge is 0.497 e. The zero-order valence-electron chi connectivity index (χ0n) is 12.0. The summed E-state index contributed by atoms with van der Waals surface area (Å²) in [6.07, 6.45) is 0. The fourth-order valence-electron chi connectivity index (χ4n) is 2.22. The van der Waals surface area contributed by atoms with Crippen molar-refractivity contribution in [2.45, 2.75) is 24.5 Å². The number of nitrogen functional groups attached to an aromatic ring is 1. The van der Waals surface area contributed by atoms with Gasteiger partial charge in [0.05, 0.1) is 28.6 Å². The molecule has 2 aromatic carbocycles. The Morgan fingerprint density at radius 1 is 1.10 bits per heavy atom. The molecule has 20 heavy (non-hydrogen) atoms. The van der Waals surface area contributed by atoms with E-state index in [9.17, 15) is 4.21 Å². The highest BCUT2D eigenvalue weighted by molar-refractivity contribution is 7.84. The third-order valence-electron chi connectivity index (χ3n) is 3.05. The van der Waals surface area contributed by atoms with E-state index in [4.69, 9.17) is 10.5 Å². The van der Waals surface area contributed by atoms with Crippen LogP contribution in [0, 0.1) is 13.8 Å². The second-order valence-electron chi connectivity index (χ2n) is 4.89. The Morgan fingerprint density at radius 3 is 2.35 bits per heavy atom. The third kappa shape index (κ3) is 3.39. The number of methoxy groups -OCH3 is 1. The summed E-state index contributed by atoms with van der Waals surface area (Å²) in [5.74, 6) is 1.13. The van der Waals surface area contributed by atoms with Crippen molar-refractivity contribution in [3.05, 3.63) is 53.1 Å². The summed E-state index contributed by atoms with van der Waals surface area (Å²) in [6, 6.07) is 11.5. The Hall–Kier alpha value is -1.81. The molecule has 0 amide bonds. The summed E-state index contributed by atoms with van der Waals surface area (Å²) in [4.78, 5) is 0.628. The van der Waals surface area contributed by atoms with Gasteiger partial charge in [-0.05, 0) is 37.6 Å². The molecule has 0 heterocycles. The summed E-state index contributed by atoms with van der Waals surface area (Å²) >= 11 is 0. The second-order valence-corrected chi connectivity index (χ2v) is 6.31. The Kier molecular flexibility index (Phi) is 4.45. The number of rotatable bonds is 4. The predicted octanol–water partition coefficient (Wildman–Crippen LogP) is 3.20. The highest BCUT2D eigenvalue weighted by atomic mass is 32.2. The summed E-state index contributed by atoms with van der Waals surface area (Å²) in [5.41, 5.74) is 9.86. The van der Waals surface area contributed by atoms with Crippen LogP contribution >= 0.6 is 0 Å². The van der Waals surface area contributed by atoms with Crippen LogP contribution in [0.2, 0.25) is 0 Å². The van der Waals surface area contributed by atoms with Crippen LogP contribution in [0.3, 0.4) is 0 Å². The van der Waals surface area contributed by atoms with E-state index < -0.39 is 10.8 Å². The van der Waals surface area contributed by atoms with Crippen molar-refractivity contribution in [1.29, 1.82) is 0 Å². The van der Waals surface area contributed by atoms with E-state index in [-0.39, 0.29) is 0 Å². The summed E-state index contributed by atoms with van der Waals surface area (Å²) in [5, 5.41) is 0. The molecular formula is C16H19NO2S. The van der Waals surface area contributed by atoms with Crippen molar-refractivity contribution in [3.8, 4) is 5.75 Å². The van der Waals surface area contributed by atoms with Gasteiger partial charge >= 0.3 is 0 Å². The van der Waals surface area contributed by atoms with Crippen LogP contribution in [-0.4, -0.2) is 11.3 Å². The van der Waals surface area contributed by atoms with Crippen molar-refractivity contribution >= 4 is 16.5 Å². The molecule has 0 fully saturated rings. The van der Waals surface area contributed by atoms with Gasteiger partial charge in [0.15, 0.2) is 0 Å². The van der Waals surface area contributed by atoms with Gasteiger partial charge < -0.3 is 10.5 Å². The van der Waals surface area contributed by atoms with Crippen molar-refractivity contribution in [2.75, 3.05) is 12.8 Å². The van der Waals surface area contributed by atoms with E-state index in [1.807, 2.05) is 13.8 Å². The third-order valence-corrected chi connectivity index (χ3v) is 4.48. The van der Waals surface area contributed by atoms with Gasteiger partial charge in [0.25, 0.3) is 0 Å². The molecular weight excluding hydrogens is 270 g/mol. The first-order valence-electron chi connectivity index (χ1n) is 6.38. The topological polar surface area (TPSA) is 52.3 Å². The molecule has 0 saturated carbocycles. The molecule has 0 spiro atoms. The lowest BCUT2D eigenvalue weighted by Gasteiger charge is -2.09. The molecule has 0 aliphatic rings. The first kappa shape index (κ1) is 14.6. The van der Waals surface area contributed by atoms with Gasteiger partial charge in [0.2, 0.25) is 0 Å². The van der Waals surface area contributed by atoms with E-state index >= 15 is 0 Å². The van der Waals surface area contributed by atoms with Gasteiger partial charge in [-0.2, -0.15) is 0 Å². The molecule has 2 aromatic rings. The van der Waals surface area contributed by atoms with Crippen molar-refractivity contribution in [3.63, 3.8) is 0 Å². The first-order valence-corrected chi connectivity index (χ1v) is 7.70. The van der Waals surface area contributed by atoms with Gasteiger partial charge in [-0.15, -0.1) is 0 Å². The Morgan fingerprint density at radius 2 is 1.75 bits per heavy atom. The molecule has 1 atom stereocenters. The normalized spacial score (nSPS) is 12.2. The summed E-state index contributed by atoms with van der Waals surface area (Å²) in [6.45, 7) is 4.08. The first-order chi connectivity index (χ1) is 9.49. The molecule has 0 bridgehead atoms. The van der Waals surface area contributed by atoms with Gasteiger partial charge in [0.1, 0.15) is 5.75 Å². The van der Waals surface area contributed by atoms with E-state index in [0.717, 1.165) is 5.56 Å². The Labute approximate surface area is 122 Å². The van der Waals surface area contributed by atoms with Crippen LogP contribution in [-0.2, 0) is 16.6 Å². The minimum absolute atomic E-state index is 0.458. The maximum absolute atomic E-state index is 12.5. The van der Waals surface area contributed by atoms with Gasteiger partial charge in [-0.3, -0.25) is 4.21 Å². The fourth-order valence-corrected chi connectivity index (χ4v) is 3.42. The highest BCUT2D eigenvalue weighted by Gasteiger charge is 2.11. The SMILES string of the molecule is COc1ccc(N)c(S(=O)Cc2cc(C)cc(C)c2)c1. The quantitative estimate of drug-likeness (QED) is 0.879. The number of hydrogen-bond acceptors (Lipinski definition) is 3. The molecule has 0 aromatic heterocycles. The Bertz CT molecular complexity index is 633. The number of nitrogens with two attached hydrogens (primary N) is 1. The van der Waals surface area contributed by atoms with Crippen LogP contribution in [0.15, 0.2) is 41.3 Å². The average molecular weight is 289 g/mol. The molecule has 2 N–H and O–H groups in total. The lowest BCUT2D eigenvalue weighted by molar-refractivity contribution is 0.413. The van der Waals surface area contributed by atoms with Crippen LogP contribution in [0.1, 0.15) is 16.7 Å². The lowest BCUT2D eigenvalue weighted by Crippen LogP contribution is -2.02. The predicted molar refractivity (Wildman–Crippen MR) is 83.4 cm³/mol. The number of benzene rings is 2. The average Bonchev–Trinajstić information content (AvgIpc) is 2.37. The van der Waals surface area contributed by atoms with Gasteiger partial charge in [-0.1, -0.05) is 29.3 Å². The van der Waals surface area contributed by atoms with Crippen molar-refractivity contribution < 1.29 is 8.95 Å². The van der Waals surface area contributed by atoms with Gasteiger partial charge in [0, 0.05) is 5.69 Å². The monoisotopic (exact) mass is 289 g/mol.